The maximum absolute atomic E-state index is 12.7. The van der Waals surface area contributed by atoms with Gasteiger partial charge in [0.2, 0.25) is 5.91 Å². The average molecular weight is 455 g/mol. The number of hydrogen-bond donors (Lipinski definition) is 1. The number of anilines is 2. The number of amides is 1. The minimum Gasteiger partial charge on any atom is -0.495 e. The van der Waals surface area contributed by atoms with Crippen molar-refractivity contribution in [3.8, 4) is 5.75 Å². The van der Waals surface area contributed by atoms with E-state index in [0.717, 1.165) is 41.7 Å². The molecule has 0 unspecified atom stereocenters. The Labute approximate surface area is 191 Å². The number of hydrogen-bond acceptors (Lipinski definition) is 6. The van der Waals surface area contributed by atoms with Gasteiger partial charge in [0, 0.05) is 42.0 Å². The van der Waals surface area contributed by atoms with Gasteiger partial charge in [0.15, 0.2) is 5.82 Å². The molecule has 0 radical (unpaired) electrons. The van der Waals surface area contributed by atoms with E-state index in [4.69, 9.17) is 16.3 Å². The van der Waals surface area contributed by atoms with Crippen molar-refractivity contribution in [3.05, 3.63) is 65.9 Å². The number of ether oxygens (including phenoxy) is 1. The molecule has 1 aromatic heterocycles. The predicted octanol–water partition coefficient (Wildman–Crippen LogP) is 5.14. The van der Waals surface area contributed by atoms with Crippen LogP contribution in [0.5, 0.6) is 5.75 Å². The van der Waals surface area contributed by atoms with Crippen molar-refractivity contribution in [2.24, 2.45) is 5.92 Å². The first-order valence-electron chi connectivity index (χ1n) is 10.1. The summed E-state index contributed by atoms with van der Waals surface area (Å²) in [6.07, 6.45) is 4.94. The van der Waals surface area contributed by atoms with Crippen LogP contribution in [0.1, 0.15) is 12.8 Å². The number of nitrogens with zero attached hydrogens (tertiary/aromatic N) is 3. The molecule has 1 N–H and O–H groups in total. The van der Waals surface area contributed by atoms with Crippen LogP contribution in [0.3, 0.4) is 0 Å². The van der Waals surface area contributed by atoms with Gasteiger partial charge in [-0.2, -0.15) is 0 Å². The van der Waals surface area contributed by atoms with Crippen molar-refractivity contribution in [2.45, 2.75) is 22.8 Å². The normalized spacial score (nSPS) is 14.3. The van der Waals surface area contributed by atoms with E-state index in [1.54, 1.807) is 49.5 Å². The summed E-state index contributed by atoms with van der Waals surface area (Å²) >= 11 is 7.76. The van der Waals surface area contributed by atoms with E-state index in [0.29, 0.717) is 16.5 Å². The van der Waals surface area contributed by atoms with Crippen LogP contribution in [0.25, 0.3) is 0 Å². The van der Waals surface area contributed by atoms with Crippen LogP contribution in [0.2, 0.25) is 5.02 Å². The van der Waals surface area contributed by atoms with Gasteiger partial charge in [0.1, 0.15) is 10.8 Å². The number of rotatable bonds is 6. The molecule has 1 fully saturated rings. The molecule has 0 bridgehead atoms. The van der Waals surface area contributed by atoms with Crippen LogP contribution in [-0.4, -0.2) is 36.1 Å². The van der Waals surface area contributed by atoms with Gasteiger partial charge in [-0.05, 0) is 43.2 Å². The fourth-order valence-electron chi connectivity index (χ4n) is 3.55. The van der Waals surface area contributed by atoms with Crippen molar-refractivity contribution in [2.75, 3.05) is 30.4 Å². The molecule has 0 spiro atoms. The molecule has 8 heteroatoms. The molecule has 160 valence electrons. The molecule has 2 heterocycles. The standard InChI is InChI=1S/C23H23ClN4O2S/c1-30-20-8-7-17(15-19(20)24)27-22(29)16-9-13-28(14-10-16)21-23(26-12-11-25-21)31-18-5-3-2-4-6-18/h2-8,11-12,15-16H,9-10,13-14H2,1H3,(H,27,29). The van der Waals surface area contributed by atoms with E-state index in [1.165, 1.54) is 0 Å². The highest BCUT2D eigenvalue weighted by atomic mass is 35.5. The highest BCUT2D eigenvalue weighted by Crippen LogP contribution is 2.34. The predicted molar refractivity (Wildman–Crippen MR) is 124 cm³/mol. The molecule has 1 aliphatic heterocycles. The molecule has 1 amide bonds. The number of piperidine rings is 1. The zero-order valence-electron chi connectivity index (χ0n) is 17.1. The Morgan fingerprint density at radius 1 is 1.13 bits per heavy atom. The molecule has 3 aromatic rings. The molecular formula is C23H23ClN4O2S. The highest BCUT2D eigenvalue weighted by Gasteiger charge is 2.27. The molecule has 0 aliphatic carbocycles. The second-order valence-corrected chi connectivity index (χ2v) is 8.67. The van der Waals surface area contributed by atoms with Gasteiger partial charge in [-0.1, -0.05) is 41.6 Å². The Balaban J connectivity index is 1.38. The summed E-state index contributed by atoms with van der Waals surface area (Å²) < 4.78 is 5.16. The third kappa shape index (κ3) is 5.29. The number of methoxy groups -OCH3 is 1. The van der Waals surface area contributed by atoms with Gasteiger partial charge in [0.25, 0.3) is 0 Å². The van der Waals surface area contributed by atoms with Crippen molar-refractivity contribution in [1.29, 1.82) is 0 Å². The van der Waals surface area contributed by atoms with Crippen LogP contribution in [0.15, 0.2) is 70.8 Å². The lowest BCUT2D eigenvalue weighted by molar-refractivity contribution is -0.120. The number of carbonyl (C=O) groups excluding carboxylic acids is 1. The minimum absolute atomic E-state index is 0.0129. The molecular weight excluding hydrogens is 432 g/mol. The Kier molecular flexibility index (Phi) is 6.94. The number of benzene rings is 2. The van der Waals surface area contributed by atoms with Crippen LogP contribution < -0.4 is 15.0 Å². The largest absolute Gasteiger partial charge is 0.495 e. The minimum atomic E-state index is -0.0565. The van der Waals surface area contributed by atoms with Gasteiger partial charge in [-0.3, -0.25) is 4.79 Å². The highest BCUT2D eigenvalue weighted by molar-refractivity contribution is 7.99. The first kappa shape index (κ1) is 21.5. The number of nitrogens with one attached hydrogen (secondary N) is 1. The van der Waals surface area contributed by atoms with E-state index in [2.05, 4.69) is 32.3 Å². The van der Waals surface area contributed by atoms with Crippen LogP contribution in [-0.2, 0) is 4.79 Å². The lowest BCUT2D eigenvalue weighted by Crippen LogP contribution is -2.38. The summed E-state index contributed by atoms with van der Waals surface area (Å²) in [6, 6.07) is 15.4. The fourth-order valence-corrected chi connectivity index (χ4v) is 4.71. The summed E-state index contributed by atoms with van der Waals surface area (Å²) in [6.45, 7) is 1.50. The third-order valence-electron chi connectivity index (χ3n) is 5.19. The average Bonchev–Trinajstić information content (AvgIpc) is 2.80. The van der Waals surface area contributed by atoms with E-state index >= 15 is 0 Å². The first-order valence-corrected chi connectivity index (χ1v) is 11.3. The Hall–Kier alpha value is -2.77. The molecule has 1 aliphatic rings. The maximum atomic E-state index is 12.7. The molecule has 4 rings (SSSR count). The van der Waals surface area contributed by atoms with Crippen LogP contribution >= 0.6 is 23.4 Å². The molecule has 2 aromatic carbocycles. The van der Waals surface area contributed by atoms with Crippen LogP contribution in [0.4, 0.5) is 11.5 Å². The summed E-state index contributed by atoms with van der Waals surface area (Å²) in [4.78, 5) is 25.2. The van der Waals surface area contributed by atoms with Crippen molar-refractivity contribution >= 4 is 40.8 Å². The number of halogens is 1. The van der Waals surface area contributed by atoms with E-state index in [9.17, 15) is 4.79 Å². The second-order valence-electron chi connectivity index (χ2n) is 7.20. The molecule has 0 saturated carbocycles. The lowest BCUT2D eigenvalue weighted by Gasteiger charge is -2.32. The molecule has 31 heavy (non-hydrogen) atoms. The molecule has 6 nitrogen and oxygen atoms in total. The smallest absolute Gasteiger partial charge is 0.227 e. The SMILES string of the molecule is COc1ccc(NC(=O)C2CCN(c3nccnc3Sc3ccccc3)CC2)cc1Cl. The first-order chi connectivity index (χ1) is 15.1. The summed E-state index contributed by atoms with van der Waals surface area (Å²) in [5, 5.41) is 4.33. The second kappa shape index (κ2) is 10.0. The van der Waals surface area contributed by atoms with Gasteiger partial charge in [0.05, 0.1) is 12.1 Å². The number of aromatic nitrogens is 2. The summed E-state index contributed by atoms with van der Waals surface area (Å²) in [5.41, 5.74) is 0.675. The summed E-state index contributed by atoms with van der Waals surface area (Å²) in [7, 11) is 1.56. The van der Waals surface area contributed by atoms with Crippen LogP contribution in [0, 0.1) is 5.92 Å². The summed E-state index contributed by atoms with van der Waals surface area (Å²) in [5.74, 6) is 1.41. The topological polar surface area (TPSA) is 67.3 Å². The van der Waals surface area contributed by atoms with E-state index in [-0.39, 0.29) is 11.8 Å². The van der Waals surface area contributed by atoms with Gasteiger partial charge >= 0.3 is 0 Å². The van der Waals surface area contributed by atoms with Crippen molar-refractivity contribution in [3.63, 3.8) is 0 Å². The fraction of sp³-hybridized carbons (Fsp3) is 0.261. The van der Waals surface area contributed by atoms with Gasteiger partial charge in [-0.25, -0.2) is 9.97 Å². The zero-order chi connectivity index (χ0) is 21.6. The zero-order valence-corrected chi connectivity index (χ0v) is 18.7. The molecule has 1 saturated heterocycles. The number of carbonyl (C=O) groups is 1. The molecule has 0 atom stereocenters. The maximum Gasteiger partial charge on any atom is 0.227 e. The third-order valence-corrected chi connectivity index (χ3v) is 6.47. The Morgan fingerprint density at radius 2 is 1.87 bits per heavy atom. The van der Waals surface area contributed by atoms with E-state index in [1.807, 2.05) is 18.2 Å². The van der Waals surface area contributed by atoms with Crippen molar-refractivity contribution in [1.82, 2.24) is 9.97 Å². The van der Waals surface area contributed by atoms with Gasteiger partial charge < -0.3 is 15.0 Å². The lowest BCUT2D eigenvalue weighted by atomic mass is 9.96. The van der Waals surface area contributed by atoms with Gasteiger partial charge in [-0.15, -0.1) is 0 Å². The Bertz CT molecular complexity index is 1040. The Morgan fingerprint density at radius 3 is 2.58 bits per heavy atom. The van der Waals surface area contributed by atoms with E-state index < -0.39 is 0 Å². The van der Waals surface area contributed by atoms with Crippen molar-refractivity contribution < 1.29 is 9.53 Å². The monoisotopic (exact) mass is 454 g/mol. The quantitative estimate of drug-likeness (QED) is 0.556.